The summed E-state index contributed by atoms with van der Waals surface area (Å²) in [6.07, 6.45) is -3.28. The summed E-state index contributed by atoms with van der Waals surface area (Å²) in [5.74, 6) is -2.09. The number of hydrogen-bond donors (Lipinski definition) is 0. The molecule has 0 saturated heterocycles. The van der Waals surface area contributed by atoms with Crippen LogP contribution in [0.5, 0.6) is 5.75 Å². The van der Waals surface area contributed by atoms with Gasteiger partial charge in [0.05, 0.1) is 10.7 Å². The van der Waals surface area contributed by atoms with Crippen molar-refractivity contribution in [2.24, 2.45) is 0 Å². The molecular formula is C6H2BrF4NO. The second-order valence-corrected chi connectivity index (χ2v) is 2.83. The van der Waals surface area contributed by atoms with Gasteiger partial charge in [0.25, 0.3) is 0 Å². The molecule has 1 aromatic heterocycles. The molecule has 0 aliphatic carbocycles. The molecule has 72 valence electrons. The molecule has 0 N–H and O–H groups in total. The zero-order chi connectivity index (χ0) is 10.1. The first kappa shape index (κ1) is 10.2. The van der Waals surface area contributed by atoms with Gasteiger partial charge in [-0.3, -0.25) is 4.98 Å². The van der Waals surface area contributed by atoms with E-state index >= 15 is 0 Å². The Kier molecular flexibility index (Phi) is 2.74. The predicted octanol–water partition coefficient (Wildman–Crippen LogP) is 2.88. The van der Waals surface area contributed by atoms with Gasteiger partial charge >= 0.3 is 6.36 Å². The maximum Gasteiger partial charge on any atom is 0.573 e. The molecule has 13 heavy (non-hydrogen) atoms. The van der Waals surface area contributed by atoms with E-state index in [1.54, 1.807) is 0 Å². The molecule has 0 aliphatic heterocycles. The molecule has 0 spiro atoms. The Labute approximate surface area is 78.7 Å². The van der Waals surface area contributed by atoms with Gasteiger partial charge in [-0.2, -0.15) is 0 Å². The fourth-order valence-corrected chi connectivity index (χ4v) is 1.00. The topological polar surface area (TPSA) is 22.1 Å². The average Bonchev–Trinajstić information content (AvgIpc) is 1.95. The van der Waals surface area contributed by atoms with Crippen LogP contribution in [0.25, 0.3) is 0 Å². The number of alkyl halides is 3. The van der Waals surface area contributed by atoms with Crippen molar-refractivity contribution in [2.45, 2.75) is 6.36 Å². The van der Waals surface area contributed by atoms with Crippen molar-refractivity contribution in [1.29, 1.82) is 0 Å². The molecule has 0 radical (unpaired) electrons. The van der Waals surface area contributed by atoms with Crippen molar-refractivity contribution in [3.8, 4) is 5.75 Å². The van der Waals surface area contributed by atoms with Crippen LogP contribution in [0, 0.1) is 5.82 Å². The highest BCUT2D eigenvalue weighted by atomic mass is 79.9. The van der Waals surface area contributed by atoms with Gasteiger partial charge in [-0.05, 0) is 15.9 Å². The number of rotatable bonds is 1. The fourth-order valence-electron chi connectivity index (χ4n) is 0.613. The molecule has 2 nitrogen and oxygen atoms in total. The van der Waals surface area contributed by atoms with E-state index in [-0.39, 0.29) is 4.47 Å². The van der Waals surface area contributed by atoms with Gasteiger partial charge in [-0.25, -0.2) is 4.39 Å². The van der Waals surface area contributed by atoms with Gasteiger partial charge in [0.2, 0.25) is 0 Å². The molecule has 0 bridgehead atoms. The highest BCUT2D eigenvalue weighted by molar-refractivity contribution is 9.10. The van der Waals surface area contributed by atoms with Crippen LogP contribution in [0.1, 0.15) is 0 Å². The van der Waals surface area contributed by atoms with Gasteiger partial charge in [0.15, 0.2) is 11.6 Å². The first-order chi connectivity index (χ1) is 5.90. The molecule has 1 heterocycles. The second kappa shape index (κ2) is 3.49. The minimum atomic E-state index is -4.91. The molecule has 7 heteroatoms. The van der Waals surface area contributed by atoms with Crippen LogP contribution >= 0.6 is 15.9 Å². The van der Waals surface area contributed by atoms with Crippen molar-refractivity contribution < 1.29 is 22.3 Å². The standard InChI is InChI=1S/C6H2BrF4NO/c7-3-1-12-2-4(8)5(3)13-6(9,10)11/h1-2H. The molecular weight excluding hydrogens is 258 g/mol. The van der Waals surface area contributed by atoms with Gasteiger partial charge < -0.3 is 4.74 Å². The normalized spacial score (nSPS) is 11.5. The molecule has 0 saturated carbocycles. The van der Waals surface area contributed by atoms with Crippen molar-refractivity contribution >= 4 is 15.9 Å². The third-order valence-corrected chi connectivity index (χ3v) is 1.59. The molecule has 0 fully saturated rings. The minimum absolute atomic E-state index is 0.190. The van der Waals surface area contributed by atoms with Crippen LogP contribution in [0.3, 0.4) is 0 Å². The summed E-state index contributed by atoms with van der Waals surface area (Å²) in [4.78, 5) is 3.31. The maximum atomic E-state index is 12.7. The molecule has 1 rings (SSSR count). The van der Waals surface area contributed by atoms with E-state index in [0.717, 1.165) is 6.20 Å². The van der Waals surface area contributed by atoms with E-state index in [4.69, 9.17) is 0 Å². The maximum absolute atomic E-state index is 12.7. The highest BCUT2D eigenvalue weighted by Crippen LogP contribution is 2.31. The number of aromatic nitrogens is 1. The van der Waals surface area contributed by atoms with Crippen LogP contribution in [0.4, 0.5) is 17.6 Å². The lowest BCUT2D eigenvalue weighted by molar-refractivity contribution is -0.275. The summed E-state index contributed by atoms with van der Waals surface area (Å²) in [7, 11) is 0. The summed E-state index contributed by atoms with van der Waals surface area (Å²) in [5, 5.41) is 0. The monoisotopic (exact) mass is 259 g/mol. The fraction of sp³-hybridized carbons (Fsp3) is 0.167. The number of hydrogen-bond acceptors (Lipinski definition) is 2. The molecule has 0 aromatic carbocycles. The van der Waals surface area contributed by atoms with E-state index in [2.05, 4.69) is 25.7 Å². The quantitative estimate of drug-likeness (QED) is 0.724. The van der Waals surface area contributed by atoms with Gasteiger partial charge in [0, 0.05) is 6.20 Å². The van der Waals surface area contributed by atoms with Gasteiger partial charge in [-0.15, -0.1) is 13.2 Å². The number of halogens is 5. The van der Waals surface area contributed by atoms with E-state index in [1.165, 1.54) is 0 Å². The SMILES string of the molecule is Fc1cncc(Br)c1OC(F)(F)F. The van der Waals surface area contributed by atoms with E-state index in [1.807, 2.05) is 0 Å². The largest absolute Gasteiger partial charge is 0.573 e. The van der Waals surface area contributed by atoms with Crippen LogP contribution in [0.15, 0.2) is 16.9 Å². The summed E-state index contributed by atoms with van der Waals surface area (Å²) in [5.41, 5.74) is 0. The Morgan fingerprint density at radius 1 is 1.31 bits per heavy atom. The molecule has 1 aromatic rings. The number of pyridine rings is 1. The van der Waals surface area contributed by atoms with Gasteiger partial charge in [0.1, 0.15) is 0 Å². The summed E-state index contributed by atoms with van der Waals surface area (Å²) >= 11 is 2.67. The summed E-state index contributed by atoms with van der Waals surface area (Å²) < 4.78 is 50.9. The Hall–Kier alpha value is -0.850. The second-order valence-electron chi connectivity index (χ2n) is 1.98. The zero-order valence-electron chi connectivity index (χ0n) is 5.90. The third kappa shape index (κ3) is 2.83. The van der Waals surface area contributed by atoms with Crippen LogP contribution in [0.2, 0.25) is 0 Å². The van der Waals surface area contributed by atoms with Crippen LogP contribution in [-0.4, -0.2) is 11.3 Å². The Balaban J connectivity index is 3.00. The number of ether oxygens (including phenoxy) is 1. The van der Waals surface area contributed by atoms with E-state index in [9.17, 15) is 17.6 Å². The third-order valence-electron chi connectivity index (χ3n) is 1.03. The van der Waals surface area contributed by atoms with Crippen molar-refractivity contribution in [2.75, 3.05) is 0 Å². The smallest absolute Gasteiger partial charge is 0.401 e. The number of nitrogens with zero attached hydrogens (tertiary/aromatic N) is 1. The highest BCUT2D eigenvalue weighted by Gasteiger charge is 2.33. The lowest BCUT2D eigenvalue weighted by Crippen LogP contribution is -2.18. The molecule has 0 aliphatic rings. The first-order valence-corrected chi connectivity index (χ1v) is 3.74. The van der Waals surface area contributed by atoms with Gasteiger partial charge in [-0.1, -0.05) is 0 Å². The average molecular weight is 260 g/mol. The van der Waals surface area contributed by atoms with Crippen molar-refractivity contribution in [3.05, 3.63) is 22.7 Å². The lowest BCUT2D eigenvalue weighted by Gasteiger charge is -2.10. The molecule has 0 amide bonds. The zero-order valence-corrected chi connectivity index (χ0v) is 7.49. The molecule has 0 unspecified atom stereocenters. The minimum Gasteiger partial charge on any atom is -0.401 e. The predicted molar refractivity (Wildman–Crippen MR) is 38.6 cm³/mol. The summed E-state index contributed by atoms with van der Waals surface area (Å²) in [6.45, 7) is 0. The summed E-state index contributed by atoms with van der Waals surface area (Å²) in [6, 6.07) is 0. The molecule has 0 atom stereocenters. The van der Waals surface area contributed by atoms with Crippen LogP contribution < -0.4 is 4.74 Å². The van der Waals surface area contributed by atoms with Crippen molar-refractivity contribution in [3.63, 3.8) is 0 Å². The van der Waals surface area contributed by atoms with Crippen molar-refractivity contribution in [1.82, 2.24) is 4.98 Å². The Bertz CT molecular complexity index is 294. The Morgan fingerprint density at radius 2 is 1.92 bits per heavy atom. The van der Waals surface area contributed by atoms with E-state index < -0.39 is 17.9 Å². The lowest BCUT2D eigenvalue weighted by atomic mass is 10.4. The Morgan fingerprint density at radius 3 is 2.38 bits per heavy atom. The van der Waals surface area contributed by atoms with E-state index in [0.29, 0.717) is 6.20 Å². The van der Waals surface area contributed by atoms with Crippen LogP contribution in [-0.2, 0) is 0 Å². The first-order valence-electron chi connectivity index (χ1n) is 2.95.